The first kappa shape index (κ1) is 20.4. The third-order valence-electron chi connectivity index (χ3n) is 3.83. The lowest BCUT2D eigenvalue weighted by atomic mass is 10.1. The quantitative estimate of drug-likeness (QED) is 0.637. The van der Waals surface area contributed by atoms with Gasteiger partial charge in [0.15, 0.2) is 0 Å². The molecule has 26 heavy (non-hydrogen) atoms. The summed E-state index contributed by atoms with van der Waals surface area (Å²) in [5.74, 6) is -0.0223. The lowest BCUT2D eigenvalue weighted by Crippen LogP contribution is -2.26. The Kier molecular flexibility index (Phi) is 6.80. The highest BCUT2D eigenvalue weighted by Crippen LogP contribution is 2.13. The van der Waals surface area contributed by atoms with Crippen molar-refractivity contribution < 1.29 is 16.8 Å². The third-order valence-corrected chi connectivity index (χ3v) is 5.77. The first-order chi connectivity index (χ1) is 12.1. The van der Waals surface area contributed by atoms with Crippen molar-refractivity contribution in [3.63, 3.8) is 0 Å². The molecule has 0 aliphatic rings. The fraction of sp³-hybridized carbons (Fsp3) is 0.333. The van der Waals surface area contributed by atoms with Crippen molar-refractivity contribution >= 4 is 25.7 Å². The molecule has 0 aliphatic heterocycles. The molecule has 0 spiro atoms. The van der Waals surface area contributed by atoms with Gasteiger partial charge in [0.2, 0.25) is 20.0 Å². The van der Waals surface area contributed by atoms with E-state index < -0.39 is 20.0 Å². The van der Waals surface area contributed by atoms with Crippen molar-refractivity contribution in [3.05, 3.63) is 65.2 Å². The maximum absolute atomic E-state index is 12.2. The number of nitrogens with one attached hydrogen (secondary N) is 2. The zero-order chi connectivity index (χ0) is 19.2. The fourth-order valence-corrected chi connectivity index (χ4v) is 4.36. The van der Waals surface area contributed by atoms with Gasteiger partial charge in [-0.05, 0) is 48.6 Å². The van der Waals surface area contributed by atoms with E-state index in [1.807, 2.05) is 43.3 Å². The number of rotatable bonds is 9. The lowest BCUT2D eigenvalue weighted by molar-refractivity contribution is 0.578. The van der Waals surface area contributed by atoms with Crippen molar-refractivity contribution in [1.82, 2.24) is 4.72 Å². The van der Waals surface area contributed by atoms with Crippen molar-refractivity contribution in [2.45, 2.75) is 25.5 Å². The zero-order valence-corrected chi connectivity index (χ0v) is 16.5. The average Bonchev–Trinajstić information content (AvgIpc) is 2.54. The third kappa shape index (κ3) is 7.15. The van der Waals surface area contributed by atoms with Crippen LogP contribution in [0.5, 0.6) is 0 Å². The monoisotopic (exact) mass is 396 g/mol. The molecule has 0 saturated carbocycles. The van der Waals surface area contributed by atoms with E-state index >= 15 is 0 Å². The molecular formula is C18H24N2O4S2. The van der Waals surface area contributed by atoms with Gasteiger partial charge < -0.3 is 0 Å². The Hall–Kier alpha value is -1.90. The van der Waals surface area contributed by atoms with E-state index in [4.69, 9.17) is 0 Å². The van der Waals surface area contributed by atoms with Gasteiger partial charge in [0.05, 0.1) is 12.0 Å². The van der Waals surface area contributed by atoms with Crippen LogP contribution in [0.1, 0.15) is 23.1 Å². The summed E-state index contributed by atoms with van der Waals surface area (Å²) in [6, 6.07) is 14.5. The molecule has 142 valence electrons. The fourth-order valence-electron chi connectivity index (χ4n) is 2.50. The highest BCUT2D eigenvalue weighted by atomic mass is 32.2. The van der Waals surface area contributed by atoms with Gasteiger partial charge in [-0.1, -0.05) is 36.4 Å². The van der Waals surface area contributed by atoms with E-state index in [0.29, 0.717) is 25.1 Å². The largest absolute Gasteiger partial charge is 0.284 e. The van der Waals surface area contributed by atoms with Crippen molar-refractivity contribution in [2.75, 3.05) is 17.5 Å². The van der Waals surface area contributed by atoms with Gasteiger partial charge in [0.1, 0.15) is 0 Å². The van der Waals surface area contributed by atoms with Gasteiger partial charge >= 0.3 is 0 Å². The number of hydrogen-bond acceptors (Lipinski definition) is 4. The van der Waals surface area contributed by atoms with Crippen LogP contribution in [-0.2, 0) is 32.2 Å². The Morgan fingerprint density at radius 2 is 1.58 bits per heavy atom. The molecule has 0 radical (unpaired) electrons. The van der Waals surface area contributed by atoms with Crippen LogP contribution in [0.2, 0.25) is 0 Å². The summed E-state index contributed by atoms with van der Waals surface area (Å²) in [5, 5.41) is 0. The second-order valence-electron chi connectivity index (χ2n) is 6.25. The summed E-state index contributed by atoms with van der Waals surface area (Å²) in [6.45, 7) is 2.25. The summed E-state index contributed by atoms with van der Waals surface area (Å²) in [7, 11) is -6.65. The van der Waals surface area contributed by atoms with Crippen LogP contribution in [0.3, 0.4) is 0 Å². The molecule has 2 aromatic carbocycles. The predicted molar refractivity (Wildman–Crippen MR) is 105 cm³/mol. The maximum atomic E-state index is 12.2. The van der Waals surface area contributed by atoms with Crippen LogP contribution >= 0.6 is 0 Å². The molecule has 0 bridgehead atoms. The molecule has 8 heteroatoms. The predicted octanol–water partition coefficient (Wildman–Crippen LogP) is 2.42. The first-order valence-corrected chi connectivity index (χ1v) is 11.8. The Bertz CT molecular complexity index is 937. The highest BCUT2D eigenvalue weighted by molar-refractivity contribution is 7.92. The SMILES string of the molecule is Cc1ccccc1CS(=O)(=O)NCCCc1ccc(NS(C)(=O)=O)cc1. The minimum atomic E-state index is -3.37. The molecule has 2 N–H and O–H groups in total. The van der Waals surface area contributed by atoms with Crippen molar-refractivity contribution in [3.8, 4) is 0 Å². The summed E-state index contributed by atoms with van der Waals surface area (Å²) >= 11 is 0. The Balaban J connectivity index is 1.80. The van der Waals surface area contributed by atoms with Gasteiger partial charge in [-0.15, -0.1) is 0 Å². The zero-order valence-electron chi connectivity index (χ0n) is 14.9. The van der Waals surface area contributed by atoms with Gasteiger partial charge in [-0.25, -0.2) is 21.6 Å². The van der Waals surface area contributed by atoms with Gasteiger partial charge in [0, 0.05) is 12.2 Å². The minimum absolute atomic E-state index is 0.0223. The smallest absolute Gasteiger partial charge is 0.229 e. The van der Waals surface area contributed by atoms with Gasteiger partial charge in [-0.2, -0.15) is 0 Å². The lowest BCUT2D eigenvalue weighted by Gasteiger charge is -2.09. The molecule has 2 aromatic rings. The molecular weight excluding hydrogens is 372 g/mol. The normalized spacial score (nSPS) is 12.1. The molecule has 0 amide bonds. The van der Waals surface area contributed by atoms with Gasteiger partial charge in [-0.3, -0.25) is 4.72 Å². The molecule has 0 unspecified atom stereocenters. The van der Waals surface area contributed by atoms with E-state index in [0.717, 1.165) is 22.9 Å². The van der Waals surface area contributed by atoms with E-state index in [-0.39, 0.29) is 5.75 Å². The molecule has 6 nitrogen and oxygen atoms in total. The Labute approximate surface area is 155 Å². The van der Waals surface area contributed by atoms with Crippen LogP contribution in [0.4, 0.5) is 5.69 Å². The highest BCUT2D eigenvalue weighted by Gasteiger charge is 2.12. The number of anilines is 1. The summed E-state index contributed by atoms with van der Waals surface area (Å²) in [6.07, 6.45) is 2.46. The Morgan fingerprint density at radius 1 is 0.923 bits per heavy atom. The molecule has 0 aromatic heterocycles. The summed E-state index contributed by atoms with van der Waals surface area (Å²) in [4.78, 5) is 0. The number of aryl methyl sites for hydroxylation is 2. The van der Waals surface area contributed by atoms with Crippen LogP contribution in [0.15, 0.2) is 48.5 Å². The second-order valence-corrected chi connectivity index (χ2v) is 9.81. The van der Waals surface area contributed by atoms with E-state index in [9.17, 15) is 16.8 Å². The van der Waals surface area contributed by atoms with Crippen LogP contribution in [-0.4, -0.2) is 29.6 Å². The maximum Gasteiger partial charge on any atom is 0.229 e. The first-order valence-electron chi connectivity index (χ1n) is 8.23. The number of hydrogen-bond donors (Lipinski definition) is 2. The minimum Gasteiger partial charge on any atom is -0.284 e. The summed E-state index contributed by atoms with van der Waals surface area (Å²) < 4.78 is 51.7. The van der Waals surface area contributed by atoms with Crippen molar-refractivity contribution in [2.24, 2.45) is 0 Å². The number of sulfonamides is 2. The Morgan fingerprint density at radius 3 is 2.19 bits per heavy atom. The van der Waals surface area contributed by atoms with Crippen molar-refractivity contribution in [1.29, 1.82) is 0 Å². The standard InChI is InChI=1S/C18H24N2O4S2/c1-15-6-3-4-8-17(15)14-26(23,24)19-13-5-7-16-9-11-18(12-10-16)20-25(2,21)22/h3-4,6,8-12,19-20H,5,7,13-14H2,1-2H3. The van der Waals surface area contributed by atoms with Crippen LogP contribution in [0.25, 0.3) is 0 Å². The summed E-state index contributed by atoms with van der Waals surface area (Å²) in [5.41, 5.74) is 3.28. The molecule has 0 atom stereocenters. The van der Waals surface area contributed by atoms with E-state index in [2.05, 4.69) is 9.44 Å². The average molecular weight is 397 g/mol. The molecule has 0 aliphatic carbocycles. The molecule has 2 rings (SSSR count). The van der Waals surface area contributed by atoms with Crippen LogP contribution in [0, 0.1) is 6.92 Å². The van der Waals surface area contributed by atoms with E-state index in [1.165, 1.54) is 0 Å². The molecule has 0 heterocycles. The van der Waals surface area contributed by atoms with Crippen LogP contribution < -0.4 is 9.44 Å². The van der Waals surface area contributed by atoms with E-state index in [1.54, 1.807) is 12.1 Å². The topological polar surface area (TPSA) is 92.3 Å². The number of benzene rings is 2. The molecule has 0 fully saturated rings. The van der Waals surface area contributed by atoms with Gasteiger partial charge in [0.25, 0.3) is 0 Å². The molecule has 0 saturated heterocycles. The second kappa shape index (κ2) is 8.66.